The molecule has 1 saturated carbocycles. The Morgan fingerprint density at radius 3 is 2.61 bits per heavy atom. The van der Waals surface area contributed by atoms with Crippen LogP contribution in [-0.4, -0.2) is 55.7 Å². The van der Waals surface area contributed by atoms with Gasteiger partial charge in [-0.05, 0) is 78.1 Å². The summed E-state index contributed by atoms with van der Waals surface area (Å²) in [7, 11) is -4.36. The Morgan fingerprint density at radius 1 is 1.31 bits per heavy atom. The van der Waals surface area contributed by atoms with Gasteiger partial charge >= 0.3 is 22.1 Å². The Balaban J connectivity index is 1.53. The van der Waals surface area contributed by atoms with Crippen LogP contribution in [0.2, 0.25) is 0 Å². The lowest BCUT2D eigenvalue weighted by Gasteiger charge is -2.40. The van der Waals surface area contributed by atoms with E-state index in [2.05, 4.69) is 31.4 Å². The molecular weight excluding hydrogens is 587 g/mol. The first-order valence-corrected chi connectivity index (χ1v) is 13.5. The summed E-state index contributed by atoms with van der Waals surface area (Å²) < 4.78 is 54.3. The second-order valence-corrected chi connectivity index (χ2v) is 12.4. The lowest BCUT2D eigenvalue weighted by atomic mass is 9.92. The van der Waals surface area contributed by atoms with Gasteiger partial charge in [0.05, 0.1) is 16.2 Å². The molecule has 0 atom stereocenters. The lowest BCUT2D eigenvalue weighted by molar-refractivity contribution is 0.0289. The molecule has 4 rings (SSSR count). The Bertz CT molecular complexity index is 1460. The van der Waals surface area contributed by atoms with E-state index < -0.39 is 39.5 Å². The van der Waals surface area contributed by atoms with E-state index in [0.717, 1.165) is 10.6 Å². The number of ether oxygens (including phenoxy) is 1. The van der Waals surface area contributed by atoms with Crippen molar-refractivity contribution in [1.82, 2.24) is 24.3 Å². The van der Waals surface area contributed by atoms with Gasteiger partial charge in [-0.2, -0.15) is 12.7 Å². The summed E-state index contributed by atoms with van der Waals surface area (Å²) in [6.07, 6.45) is -0.550. The van der Waals surface area contributed by atoms with Crippen molar-refractivity contribution in [2.24, 2.45) is 5.14 Å². The van der Waals surface area contributed by atoms with Crippen LogP contribution < -0.4 is 10.9 Å². The second kappa shape index (κ2) is 9.60. The molecule has 17 heteroatoms. The average Bonchev–Trinajstić information content (AvgIpc) is 3.32. The highest BCUT2D eigenvalue weighted by Crippen LogP contribution is 2.42. The molecule has 0 spiro atoms. The van der Waals surface area contributed by atoms with Crippen molar-refractivity contribution in [2.75, 3.05) is 0 Å². The molecule has 0 unspecified atom stereocenters. The standard InChI is InChI=1S/C19H20BrFN6O7S2/c1-19(2,3)32-18(29)27(36(22,30)31)10-6-11(7-10)35-16-14(23-34-25-16)15-24-33-17(28)26(15)9-4-5-13(21)12(20)8-9/h4-5,8,10-11H,6-7H2,1-3H3,(H2,22,30,31). The van der Waals surface area contributed by atoms with Crippen molar-refractivity contribution in [1.29, 1.82) is 0 Å². The van der Waals surface area contributed by atoms with Crippen molar-refractivity contribution in [3.05, 3.63) is 39.0 Å². The first kappa shape index (κ1) is 26.3. The van der Waals surface area contributed by atoms with Crippen LogP contribution in [0.3, 0.4) is 0 Å². The zero-order chi connectivity index (χ0) is 26.4. The monoisotopic (exact) mass is 606 g/mol. The number of nitrogens with two attached hydrogens (primary N) is 1. The van der Waals surface area contributed by atoms with Gasteiger partial charge in [-0.25, -0.2) is 28.3 Å². The molecule has 36 heavy (non-hydrogen) atoms. The normalized spacial score (nSPS) is 18.1. The molecule has 3 aromatic rings. The highest BCUT2D eigenvalue weighted by Gasteiger charge is 2.44. The minimum absolute atomic E-state index is 0.0296. The number of halogens is 2. The van der Waals surface area contributed by atoms with Crippen LogP contribution >= 0.6 is 27.7 Å². The summed E-state index contributed by atoms with van der Waals surface area (Å²) in [5, 5.41) is 16.8. The van der Waals surface area contributed by atoms with Crippen molar-refractivity contribution in [2.45, 2.75) is 55.5 Å². The van der Waals surface area contributed by atoms with Gasteiger partial charge in [0.1, 0.15) is 11.4 Å². The number of rotatable bonds is 6. The summed E-state index contributed by atoms with van der Waals surface area (Å²) in [6.45, 7) is 4.83. The molecule has 0 aliphatic heterocycles. The Kier molecular flexibility index (Phi) is 7.02. The quantitative estimate of drug-likeness (QED) is 0.436. The molecule has 2 aromatic heterocycles. The van der Waals surface area contributed by atoms with E-state index in [-0.39, 0.29) is 44.8 Å². The molecule has 1 aromatic carbocycles. The van der Waals surface area contributed by atoms with Gasteiger partial charge in [-0.15, -0.1) is 0 Å². The summed E-state index contributed by atoms with van der Waals surface area (Å²) in [5.74, 6) is -1.39. The van der Waals surface area contributed by atoms with Crippen LogP contribution in [0.15, 0.2) is 41.6 Å². The molecule has 1 aliphatic carbocycles. The van der Waals surface area contributed by atoms with Crippen LogP contribution in [0.5, 0.6) is 0 Å². The minimum atomic E-state index is -4.36. The largest absolute Gasteiger partial charge is 0.446 e. The van der Waals surface area contributed by atoms with Gasteiger partial charge in [0.15, 0.2) is 10.7 Å². The summed E-state index contributed by atoms with van der Waals surface area (Å²) in [5.41, 5.74) is -0.564. The number of aromatic nitrogens is 4. The predicted octanol–water partition coefficient (Wildman–Crippen LogP) is 2.84. The molecule has 2 N–H and O–H groups in total. The SMILES string of the molecule is CC(C)(C)OC(=O)N(C1CC(Sc2nonc2-c2noc(=O)n2-c2ccc(F)c(Br)c2)C1)S(N)(=O)=O. The van der Waals surface area contributed by atoms with E-state index >= 15 is 0 Å². The van der Waals surface area contributed by atoms with Gasteiger partial charge in [0.25, 0.3) is 0 Å². The van der Waals surface area contributed by atoms with E-state index in [1.807, 2.05) is 0 Å². The number of nitrogens with zero attached hydrogens (tertiary/aromatic N) is 5. The lowest BCUT2D eigenvalue weighted by Crippen LogP contribution is -2.55. The Hall–Kier alpha value is -2.76. The highest BCUT2D eigenvalue weighted by atomic mass is 79.9. The van der Waals surface area contributed by atoms with E-state index in [1.54, 1.807) is 20.8 Å². The number of carbonyl (C=O) groups excluding carboxylic acids is 1. The van der Waals surface area contributed by atoms with E-state index in [4.69, 9.17) is 19.0 Å². The molecule has 2 heterocycles. The van der Waals surface area contributed by atoms with Gasteiger partial charge in [0, 0.05) is 5.25 Å². The van der Waals surface area contributed by atoms with Crippen LogP contribution in [0, 0.1) is 5.82 Å². The van der Waals surface area contributed by atoms with Crippen molar-refractivity contribution in [3.8, 4) is 17.2 Å². The zero-order valence-corrected chi connectivity index (χ0v) is 22.3. The van der Waals surface area contributed by atoms with Crippen LogP contribution in [0.25, 0.3) is 17.2 Å². The average molecular weight is 607 g/mol. The van der Waals surface area contributed by atoms with Crippen molar-refractivity contribution < 1.29 is 31.5 Å². The van der Waals surface area contributed by atoms with Crippen molar-refractivity contribution in [3.63, 3.8) is 0 Å². The molecule has 1 fully saturated rings. The minimum Gasteiger partial charge on any atom is -0.443 e. The summed E-state index contributed by atoms with van der Waals surface area (Å²) in [6, 6.07) is 3.18. The predicted molar refractivity (Wildman–Crippen MR) is 127 cm³/mol. The van der Waals surface area contributed by atoms with Gasteiger partial charge in [-0.1, -0.05) is 16.9 Å². The maximum absolute atomic E-state index is 13.7. The molecule has 0 saturated heterocycles. The summed E-state index contributed by atoms with van der Waals surface area (Å²) in [4.78, 5) is 24.8. The number of carbonyl (C=O) groups is 1. The first-order chi connectivity index (χ1) is 16.7. The zero-order valence-electron chi connectivity index (χ0n) is 19.0. The Morgan fingerprint density at radius 2 is 2.00 bits per heavy atom. The fourth-order valence-corrected chi connectivity index (χ4v) is 5.87. The maximum atomic E-state index is 13.7. The maximum Gasteiger partial charge on any atom is 0.446 e. The van der Waals surface area contributed by atoms with Crippen molar-refractivity contribution >= 4 is 44.0 Å². The fraction of sp³-hybridized carbons (Fsp3) is 0.421. The number of hydrogen-bond donors (Lipinski definition) is 1. The third-order valence-electron chi connectivity index (χ3n) is 4.96. The molecular formula is C19H20BrFN6O7S2. The third-order valence-corrected chi connectivity index (χ3v) is 7.78. The molecule has 13 nitrogen and oxygen atoms in total. The number of amides is 1. The van der Waals surface area contributed by atoms with Gasteiger partial charge in [-0.3, -0.25) is 4.52 Å². The van der Waals surface area contributed by atoms with Crippen LogP contribution in [-0.2, 0) is 14.9 Å². The highest BCUT2D eigenvalue weighted by molar-refractivity contribution is 9.10. The molecule has 1 aliphatic rings. The van der Waals surface area contributed by atoms with Crippen LogP contribution in [0.1, 0.15) is 33.6 Å². The van der Waals surface area contributed by atoms with E-state index in [0.29, 0.717) is 4.31 Å². The second-order valence-electron chi connectivity index (χ2n) is 8.81. The topological polar surface area (TPSA) is 177 Å². The molecule has 0 bridgehead atoms. The Labute approximate surface area is 216 Å². The van der Waals surface area contributed by atoms with E-state index in [9.17, 15) is 22.4 Å². The van der Waals surface area contributed by atoms with Gasteiger partial charge < -0.3 is 4.74 Å². The number of thioether (sulfide) groups is 1. The summed E-state index contributed by atoms with van der Waals surface area (Å²) >= 11 is 4.26. The molecule has 194 valence electrons. The number of hydrogen-bond acceptors (Lipinski definition) is 11. The molecule has 0 radical (unpaired) electrons. The third kappa shape index (κ3) is 5.47. The molecule has 1 amide bonds. The smallest absolute Gasteiger partial charge is 0.443 e. The fourth-order valence-electron chi connectivity index (χ4n) is 3.40. The van der Waals surface area contributed by atoms with Gasteiger partial charge in [0.2, 0.25) is 5.82 Å². The first-order valence-electron chi connectivity index (χ1n) is 10.3. The van der Waals surface area contributed by atoms with E-state index in [1.165, 1.54) is 23.9 Å². The number of benzene rings is 1. The van der Waals surface area contributed by atoms with Crippen LogP contribution in [0.4, 0.5) is 9.18 Å².